The number of esters is 1. The molecule has 1 aliphatic heterocycles. The quantitative estimate of drug-likeness (QED) is 0.646. The maximum atomic E-state index is 11.5. The van der Waals surface area contributed by atoms with Gasteiger partial charge < -0.3 is 9.47 Å². The zero-order chi connectivity index (χ0) is 20.1. The van der Waals surface area contributed by atoms with E-state index in [0.717, 1.165) is 16.7 Å². The van der Waals surface area contributed by atoms with Gasteiger partial charge in [0, 0.05) is 11.1 Å². The van der Waals surface area contributed by atoms with Gasteiger partial charge in [-0.25, -0.2) is 20.1 Å². The number of methoxy groups -OCH3 is 1. The molecule has 0 aromatic heterocycles. The number of ether oxygens (including phenoxy) is 2. The summed E-state index contributed by atoms with van der Waals surface area (Å²) < 4.78 is 10.7. The van der Waals surface area contributed by atoms with Crippen LogP contribution in [-0.4, -0.2) is 18.9 Å². The van der Waals surface area contributed by atoms with Crippen LogP contribution in [0.4, 0.5) is 0 Å². The minimum atomic E-state index is -0.497. The molecule has 0 radical (unpaired) electrons. The zero-order valence-corrected chi connectivity index (χ0v) is 15.9. The van der Waals surface area contributed by atoms with E-state index in [2.05, 4.69) is 10.5 Å². The SMILES string of the molecule is COC(=O)c1ccc(COc2ccccc2C2N=C(c3ccccc3)NO2)cc1. The molecule has 1 atom stereocenters. The van der Waals surface area contributed by atoms with E-state index < -0.39 is 6.23 Å². The number of nitrogens with one attached hydrogen (secondary N) is 1. The molecule has 3 aromatic carbocycles. The molecule has 0 saturated heterocycles. The van der Waals surface area contributed by atoms with Crippen LogP contribution in [0.2, 0.25) is 0 Å². The molecule has 4 rings (SSSR count). The molecule has 1 N–H and O–H groups in total. The minimum Gasteiger partial charge on any atom is -0.488 e. The molecule has 29 heavy (non-hydrogen) atoms. The Morgan fingerprint density at radius 1 is 1.00 bits per heavy atom. The molecule has 0 fully saturated rings. The highest BCUT2D eigenvalue weighted by Gasteiger charge is 2.23. The minimum absolute atomic E-state index is 0.355. The summed E-state index contributed by atoms with van der Waals surface area (Å²) in [5.41, 5.74) is 6.12. The van der Waals surface area contributed by atoms with Gasteiger partial charge in [0.1, 0.15) is 12.4 Å². The van der Waals surface area contributed by atoms with Crippen molar-refractivity contribution in [2.24, 2.45) is 4.99 Å². The van der Waals surface area contributed by atoms with E-state index >= 15 is 0 Å². The summed E-state index contributed by atoms with van der Waals surface area (Å²) in [6.45, 7) is 0.355. The molecule has 146 valence electrons. The van der Waals surface area contributed by atoms with Gasteiger partial charge in [0.05, 0.1) is 12.7 Å². The monoisotopic (exact) mass is 388 g/mol. The fourth-order valence-electron chi connectivity index (χ4n) is 2.98. The van der Waals surface area contributed by atoms with Crippen LogP contribution in [0.1, 0.15) is 33.3 Å². The second-order valence-corrected chi connectivity index (χ2v) is 6.43. The third-order valence-corrected chi connectivity index (χ3v) is 4.52. The normalized spacial score (nSPS) is 15.3. The van der Waals surface area contributed by atoms with Crippen molar-refractivity contribution in [1.82, 2.24) is 5.48 Å². The van der Waals surface area contributed by atoms with E-state index in [1.807, 2.05) is 66.7 Å². The van der Waals surface area contributed by atoms with E-state index in [0.29, 0.717) is 23.8 Å². The molecule has 1 heterocycles. The van der Waals surface area contributed by atoms with Crippen LogP contribution >= 0.6 is 0 Å². The highest BCUT2D eigenvalue weighted by Crippen LogP contribution is 2.31. The maximum Gasteiger partial charge on any atom is 0.337 e. The predicted octanol–water partition coefficient (Wildman–Crippen LogP) is 4.03. The average Bonchev–Trinajstić information content (AvgIpc) is 3.28. The summed E-state index contributed by atoms with van der Waals surface area (Å²) in [4.78, 5) is 21.8. The van der Waals surface area contributed by atoms with Gasteiger partial charge in [-0.3, -0.25) is 0 Å². The molecule has 0 aliphatic carbocycles. The number of amidine groups is 1. The lowest BCUT2D eigenvalue weighted by Crippen LogP contribution is -2.17. The maximum absolute atomic E-state index is 11.5. The van der Waals surface area contributed by atoms with E-state index in [-0.39, 0.29) is 5.97 Å². The standard InChI is InChI=1S/C23H20N2O4/c1-27-23(26)18-13-11-16(12-14-18)15-28-20-10-6-5-9-19(20)22-24-21(25-29-22)17-7-3-2-4-8-17/h2-14,22H,15H2,1H3,(H,24,25). The first kappa shape index (κ1) is 18.7. The summed E-state index contributed by atoms with van der Waals surface area (Å²) in [7, 11) is 1.36. The molecule has 6 nitrogen and oxygen atoms in total. The van der Waals surface area contributed by atoms with Gasteiger partial charge in [0.25, 0.3) is 0 Å². The van der Waals surface area contributed by atoms with E-state index in [9.17, 15) is 4.79 Å². The molecule has 0 saturated carbocycles. The Kier molecular flexibility index (Phi) is 5.54. The number of hydrogen-bond acceptors (Lipinski definition) is 6. The zero-order valence-electron chi connectivity index (χ0n) is 15.9. The number of para-hydroxylation sites is 1. The smallest absolute Gasteiger partial charge is 0.337 e. The van der Waals surface area contributed by atoms with Crippen molar-refractivity contribution in [1.29, 1.82) is 0 Å². The topological polar surface area (TPSA) is 69.2 Å². The molecule has 0 amide bonds. The van der Waals surface area contributed by atoms with Crippen molar-refractivity contribution in [3.8, 4) is 5.75 Å². The fraction of sp³-hybridized carbons (Fsp3) is 0.130. The number of nitrogens with zero attached hydrogens (tertiary/aromatic N) is 1. The molecule has 3 aromatic rings. The Hall–Kier alpha value is -3.64. The number of hydrogen-bond donors (Lipinski definition) is 1. The summed E-state index contributed by atoms with van der Waals surface area (Å²) in [5, 5.41) is 0. The van der Waals surface area contributed by atoms with Crippen LogP contribution in [0.3, 0.4) is 0 Å². The summed E-state index contributed by atoms with van der Waals surface area (Å²) in [6, 6.07) is 24.6. The number of aliphatic imine (C=N–C) groups is 1. The van der Waals surface area contributed by atoms with Crippen molar-refractivity contribution < 1.29 is 19.1 Å². The van der Waals surface area contributed by atoms with Crippen molar-refractivity contribution in [3.63, 3.8) is 0 Å². The van der Waals surface area contributed by atoms with Gasteiger partial charge in [-0.05, 0) is 23.8 Å². The third-order valence-electron chi connectivity index (χ3n) is 4.52. The summed E-state index contributed by atoms with van der Waals surface area (Å²) >= 11 is 0. The second kappa shape index (κ2) is 8.58. The first-order valence-electron chi connectivity index (χ1n) is 9.18. The first-order chi connectivity index (χ1) is 14.2. The predicted molar refractivity (Wildman–Crippen MR) is 108 cm³/mol. The Balaban J connectivity index is 1.48. The van der Waals surface area contributed by atoms with E-state index in [4.69, 9.17) is 14.3 Å². The van der Waals surface area contributed by atoms with Crippen LogP contribution in [-0.2, 0) is 16.2 Å². The van der Waals surface area contributed by atoms with E-state index in [1.54, 1.807) is 12.1 Å². The number of rotatable bonds is 6. The molecule has 1 unspecified atom stereocenters. The first-order valence-corrected chi connectivity index (χ1v) is 9.18. The second-order valence-electron chi connectivity index (χ2n) is 6.43. The highest BCUT2D eigenvalue weighted by atomic mass is 16.7. The summed E-state index contributed by atoms with van der Waals surface area (Å²) in [6.07, 6.45) is -0.497. The Labute approximate surface area is 168 Å². The molecular formula is C23H20N2O4. The third kappa shape index (κ3) is 4.28. The fourth-order valence-corrected chi connectivity index (χ4v) is 2.98. The van der Waals surface area contributed by atoms with Gasteiger partial charge in [-0.1, -0.05) is 60.7 Å². The van der Waals surface area contributed by atoms with Gasteiger partial charge in [-0.15, -0.1) is 0 Å². The van der Waals surface area contributed by atoms with Crippen molar-refractivity contribution in [2.75, 3.05) is 7.11 Å². The van der Waals surface area contributed by atoms with Crippen molar-refractivity contribution >= 4 is 11.8 Å². The Morgan fingerprint density at radius 3 is 2.48 bits per heavy atom. The molecular weight excluding hydrogens is 368 g/mol. The van der Waals surface area contributed by atoms with Crippen LogP contribution in [0.5, 0.6) is 5.75 Å². The van der Waals surface area contributed by atoms with Gasteiger partial charge in [0.15, 0.2) is 5.84 Å². The van der Waals surface area contributed by atoms with Crippen LogP contribution < -0.4 is 10.2 Å². The lowest BCUT2D eigenvalue weighted by atomic mass is 10.1. The largest absolute Gasteiger partial charge is 0.488 e. The Bertz CT molecular complexity index is 1020. The molecule has 0 spiro atoms. The van der Waals surface area contributed by atoms with Gasteiger partial charge in [-0.2, -0.15) is 0 Å². The lowest BCUT2D eigenvalue weighted by molar-refractivity contribution is 0.0357. The molecule has 0 bridgehead atoms. The van der Waals surface area contributed by atoms with Crippen LogP contribution in [0.15, 0.2) is 83.9 Å². The van der Waals surface area contributed by atoms with Crippen molar-refractivity contribution in [3.05, 3.63) is 101 Å². The number of carbonyl (C=O) groups excluding carboxylic acids is 1. The molecule has 6 heteroatoms. The van der Waals surface area contributed by atoms with Crippen LogP contribution in [0.25, 0.3) is 0 Å². The highest BCUT2D eigenvalue weighted by molar-refractivity contribution is 5.98. The molecule has 1 aliphatic rings. The van der Waals surface area contributed by atoms with Gasteiger partial charge >= 0.3 is 5.97 Å². The lowest BCUT2D eigenvalue weighted by Gasteiger charge is -2.14. The van der Waals surface area contributed by atoms with Crippen molar-refractivity contribution in [2.45, 2.75) is 12.8 Å². The van der Waals surface area contributed by atoms with Crippen LogP contribution in [0, 0.1) is 0 Å². The van der Waals surface area contributed by atoms with E-state index in [1.165, 1.54) is 7.11 Å². The number of carbonyl (C=O) groups is 1. The Morgan fingerprint density at radius 2 is 1.72 bits per heavy atom. The van der Waals surface area contributed by atoms with Gasteiger partial charge in [0.2, 0.25) is 6.23 Å². The number of benzene rings is 3. The number of hydroxylamine groups is 1. The average molecular weight is 388 g/mol. The summed E-state index contributed by atoms with van der Waals surface area (Å²) in [5.74, 6) is 1.01.